The lowest BCUT2D eigenvalue weighted by molar-refractivity contribution is -0.134. The molecule has 0 spiro atoms. The van der Waals surface area contributed by atoms with Crippen molar-refractivity contribution in [2.24, 2.45) is 5.92 Å². The van der Waals surface area contributed by atoms with Crippen molar-refractivity contribution < 1.29 is 19.1 Å². The summed E-state index contributed by atoms with van der Waals surface area (Å²) in [6, 6.07) is 16.0. The largest absolute Gasteiger partial charge is 0.478 e. The second kappa shape index (κ2) is 9.85. The number of ether oxygens (including phenoxy) is 2. The topological polar surface area (TPSA) is 67.9 Å². The molecule has 0 saturated carbocycles. The van der Waals surface area contributed by atoms with Crippen LogP contribution in [0.4, 0.5) is 4.79 Å². The smallest absolute Gasteiger partial charge is 0.415 e. The third-order valence-electron chi connectivity index (χ3n) is 5.11. The van der Waals surface area contributed by atoms with Crippen LogP contribution in [0.2, 0.25) is 5.02 Å². The fourth-order valence-corrected chi connectivity index (χ4v) is 3.39. The standard InChI is InChI=1S/C23H27ClN2O4/c1-23(2,30-20-10-8-18(24)9-11-20)21(27)25-16-17-12-14-26(15-13-17)22(28)29-19-6-4-3-5-7-19/h3-11,17H,12-16H2,1-2H3,(H,25,27). The third-order valence-corrected chi connectivity index (χ3v) is 5.36. The number of nitrogens with zero attached hydrogens (tertiary/aromatic N) is 1. The number of para-hydroxylation sites is 1. The molecular formula is C23H27ClN2O4. The average Bonchev–Trinajstić information content (AvgIpc) is 2.74. The maximum atomic E-state index is 12.6. The third kappa shape index (κ3) is 6.13. The van der Waals surface area contributed by atoms with Gasteiger partial charge in [-0.1, -0.05) is 29.8 Å². The van der Waals surface area contributed by atoms with E-state index in [1.165, 1.54) is 0 Å². The monoisotopic (exact) mass is 430 g/mol. The average molecular weight is 431 g/mol. The summed E-state index contributed by atoms with van der Waals surface area (Å²) in [5.41, 5.74) is -1.01. The summed E-state index contributed by atoms with van der Waals surface area (Å²) in [6.07, 6.45) is 1.28. The molecule has 3 rings (SSSR count). The Bertz CT molecular complexity index is 847. The Hall–Kier alpha value is -2.73. The van der Waals surface area contributed by atoms with Gasteiger partial charge in [-0.3, -0.25) is 4.79 Å². The Morgan fingerprint density at radius 1 is 1.03 bits per heavy atom. The number of rotatable bonds is 6. The van der Waals surface area contributed by atoms with Crippen molar-refractivity contribution in [2.75, 3.05) is 19.6 Å². The van der Waals surface area contributed by atoms with E-state index in [1.807, 2.05) is 18.2 Å². The zero-order chi connectivity index (χ0) is 21.6. The molecule has 1 N–H and O–H groups in total. The molecule has 2 aromatic rings. The number of piperidine rings is 1. The van der Waals surface area contributed by atoms with Crippen LogP contribution in [-0.4, -0.2) is 42.1 Å². The van der Waals surface area contributed by atoms with Gasteiger partial charge in [0.2, 0.25) is 0 Å². The van der Waals surface area contributed by atoms with Crippen molar-refractivity contribution in [2.45, 2.75) is 32.3 Å². The normalized spacial score (nSPS) is 14.8. The Kier molecular flexibility index (Phi) is 7.21. The van der Waals surface area contributed by atoms with Crippen LogP contribution < -0.4 is 14.8 Å². The van der Waals surface area contributed by atoms with E-state index in [1.54, 1.807) is 55.1 Å². The molecule has 0 bridgehead atoms. The molecule has 30 heavy (non-hydrogen) atoms. The first-order valence-electron chi connectivity index (χ1n) is 10.1. The summed E-state index contributed by atoms with van der Waals surface area (Å²) >= 11 is 5.88. The number of likely N-dealkylation sites (tertiary alicyclic amines) is 1. The Labute approximate surface area is 182 Å². The molecule has 0 aromatic heterocycles. The molecule has 1 aliphatic heterocycles. The minimum Gasteiger partial charge on any atom is -0.478 e. The van der Waals surface area contributed by atoms with Crippen LogP contribution in [0.25, 0.3) is 0 Å². The van der Waals surface area contributed by atoms with Gasteiger partial charge in [-0.25, -0.2) is 4.79 Å². The maximum absolute atomic E-state index is 12.6. The van der Waals surface area contributed by atoms with E-state index in [9.17, 15) is 9.59 Å². The first-order chi connectivity index (χ1) is 14.3. The summed E-state index contributed by atoms with van der Waals surface area (Å²) in [6.45, 7) is 5.24. The molecular weight excluding hydrogens is 404 g/mol. The van der Waals surface area contributed by atoms with E-state index in [4.69, 9.17) is 21.1 Å². The molecule has 1 aliphatic rings. The van der Waals surface area contributed by atoms with Crippen LogP contribution in [0.3, 0.4) is 0 Å². The van der Waals surface area contributed by atoms with Crippen molar-refractivity contribution in [1.29, 1.82) is 0 Å². The van der Waals surface area contributed by atoms with Gasteiger partial charge < -0.3 is 19.7 Å². The number of benzene rings is 2. The summed E-state index contributed by atoms with van der Waals surface area (Å²) in [7, 11) is 0. The van der Waals surface area contributed by atoms with E-state index >= 15 is 0 Å². The number of halogens is 1. The highest BCUT2D eigenvalue weighted by molar-refractivity contribution is 6.30. The predicted octanol–water partition coefficient (Wildman–Crippen LogP) is 4.52. The van der Waals surface area contributed by atoms with Crippen LogP contribution in [-0.2, 0) is 4.79 Å². The first-order valence-corrected chi connectivity index (χ1v) is 10.5. The zero-order valence-corrected chi connectivity index (χ0v) is 18.0. The van der Waals surface area contributed by atoms with Gasteiger partial charge >= 0.3 is 6.09 Å². The van der Waals surface area contributed by atoms with Gasteiger partial charge in [0.25, 0.3) is 5.91 Å². The Morgan fingerprint density at radius 3 is 2.30 bits per heavy atom. The fourth-order valence-electron chi connectivity index (χ4n) is 3.27. The van der Waals surface area contributed by atoms with E-state index in [-0.39, 0.29) is 12.0 Å². The number of hydrogen-bond acceptors (Lipinski definition) is 4. The molecule has 0 atom stereocenters. The summed E-state index contributed by atoms with van der Waals surface area (Å²) in [5, 5.41) is 3.60. The number of hydrogen-bond donors (Lipinski definition) is 1. The number of carbonyl (C=O) groups is 2. The number of carbonyl (C=O) groups excluding carboxylic acids is 2. The summed E-state index contributed by atoms with van der Waals surface area (Å²) in [5.74, 6) is 1.26. The molecule has 0 unspecified atom stereocenters. The van der Waals surface area contributed by atoms with Crippen molar-refractivity contribution >= 4 is 23.6 Å². The maximum Gasteiger partial charge on any atom is 0.415 e. The van der Waals surface area contributed by atoms with Gasteiger partial charge in [0.15, 0.2) is 5.60 Å². The minimum absolute atomic E-state index is 0.177. The fraction of sp³-hybridized carbons (Fsp3) is 0.391. The van der Waals surface area contributed by atoms with E-state index in [0.29, 0.717) is 42.1 Å². The second-order valence-electron chi connectivity index (χ2n) is 7.89. The molecule has 6 nitrogen and oxygen atoms in total. The summed E-state index contributed by atoms with van der Waals surface area (Å²) < 4.78 is 11.2. The van der Waals surface area contributed by atoms with Crippen LogP contribution in [0.5, 0.6) is 11.5 Å². The molecule has 160 valence electrons. The quantitative estimate of drug-likeness (QED) is 0.731. The minimum atomic E-state index is -1.01. The van der Waals surface area contributed by atoms with Crippen molar-refractivity contribution in [1.82, 2.24) is 10.2 Å². The van der Waals surface area contributed by atoms with Gasteiger partial charge in [0.05, 0.1) is 0 Å². The summed E-state index contributed by atoms with van der Waals surface area (Å²) in [4.78, 5) is 26.6. The molecule has 2 aromatic carbocycles. The van der Waals surface area contributed by atoms with Gasteiger partial charge in [0, 0.05) is 24.7 Å². The van der Waals surface area contributed by atoms with Crippen molar-refractivity contribution in [3.05, 3.63) is 59.6 Å². The molecule has 2 amide bonds. The molecule has 0 radical (unpaired) electrons. The number of amides is 2. The lowest BCUT2D eigenvalue weighted by atomic mass is 9.96. The van der Waals surface area contributed by atoms with Gasteiger partial charge in [0.1, 0.15) is 11.5 Å². The predicted molar refractivity (Wildman–Crippen MR) is 116 cm³/mol. The highest BCUT2D eigenvalue weighted by Crippen LogP contribution is 2.22. The first kappa shape index (κ1) is 22.0. The second-order valence-corrected chi connectivity index (χ2v) is 8.32. The van der Waals surface area contributed by atoms with Crippen LogP contribution >= 0.6 is 11.6 Å². The zero-order valence-electron chi connectivity index (χ0n) is 17.3. The van der Waals surface area contributed by atoms with Crippen LogP contribution in [0, 0.1) is 5.92 Å². The highest BCUT2D eigenvalue weighted by Gasteiger charge is 2.31. The molecule has 1 heterocycles. The Morgan fingerprint density at radius 2 is 1.67 bits per heavy atom. The lowest BCUT2D eigenvalue weighted by Crippen LogP contribution is -2.49. The van der Waals surface area contributed by atoms with Crippen molar-refractivity contribution in [3.8, 4) is 11.5 Å². The SMILES string of the molecule is CC(C)(Oc1ccc(Cl)cc1)C(=O)NCC1CCN(C(=O)Oc2ccccc2)CC1. The van der Waals surface area contributed by atoms with Crippen LogP contribution in [0.1, 0.15) is 26.7 Å². The molecule has 1 fully saturated rings. The van der Waals surface area contributed by atoms with E-state index < -0.39 is 5.60 Å². The van der Waals surface area contributed by atoms with Gasteiger partial charge in [-0.15, -0.1) is 0 Å². The molecule has 7 heteroatoms. The highest BCUT2D eigenvalue weighted by atomic mass is 35.5. The van der Waals surface area contributed by atoms with E-state index in [2.05, 4.69) is 5.32 Å². The lowest BCUT2D eigenvalue weighted by Gasteiger charge is -2.32. The van der Waals surface area contributed by atoms with Gasteiger partial charge in [-0.2, -0.15) is 0 Å². The van der Waals surface area contributed by atoms with Gasteiger partial charge in [-0.05, 0) is 69.0 Å². The van der Waals surface area contributed by atoms with E-state index in [0.717, 1.165) is 12.8 Å². The number of nitrogens with one attached hydrogen (secondary N) is 1. The molecule has 0 aliphatic carbocycles. The van der Waals surface area contributed by atoms with Crippen molar-refractivity contribution in [3.63, 3.8) is 0 Å². The Balaban J connectivity index is 1.41. The molecule has 1 saturated heterocycles. The van der Waals surface area contributed by atoms with Crippen LogP contribution in [0.15, 0.2) is 54.6 Å².